The van der Waals surface area contributed by atoms with E-state index in [0.29, 0.717) is 37.4 Å². The monoisotopic (exact) mass is 459 g/mol. The molecule has 1 aliphatic rings. The predicted molar refractivity (Wildman–Crippen MR) is 112 cm³/mol. The maximum Gasteiger partial charge on any atom is 0.416 e. The van der Waals surface area contributed by atoms with Gasteiger partial charge >= 0.3 is 6.18 Å². The van der Waals surface area contributed by atoms with E-state index >= 15 is 0 Å². The molecule has 7 nitrogen and oxygen atoms in total. The van der Waals surface area contributed by atoms with Crippen molar-refractivity contribution in [2.45, 2.75) is 25.1 Å². The Morgan fingerprint density at radius 3 is 2.52 bits per heavy atom. The Balaban J connectivity index is 1.34. The fourth-order valence-corrected chi connectivity index (χ4v) is 3.54. The molecule has 0 unspecified atom stereocenters. The number of anilines is 1. The van der Waals surface area contributed by atoms with Crippen LogP contribution in [0.15, 0.2) is 65.3 Å². The van der Waals surface area contributed by atoms with Gasteiger partial charge in [-0.1, -0.05) is 17.3 Å². The SMILES string of the molecule is O=C(Nc1cccc(OC2CCN(C(=O)c3ccno3)CC2)c1)c1cccc(C(F)(F)F)c1. The zero-order valence-electron chi connectivity index (χ0n) is 17.3. The molecule has 1 aliphatic heterocycles. The number of hydrogen-bond acceptors (Lipinski definition) is 5. The second-order valence-corrected chi connectivity index (χ2v) is 7.55. The highest BCUT2D eigenvalue weighted by Gasteiger charge is 2.31. The molecule has 0 atom stereocenters. The van der Waals surface area contributed by atoms with E-state index in [1.165, 1.54) is 24.4 Å². The average Bonchev–Trinajstić information content (AvgIpc) is 3.34. The minimum Gasteiger partial charge on any atom is -0.490 e. The minimum absolute atomic E-state index is 0.0973. The van der Waals surface area contributed by atoms with Crippen LogP contribution < -0.4 is 10.1 Å². The number of carbonyl (C=O) groups excluding carboxylic acids is 2. The molecule has 10 heteroatoms. The zero-order valence-corrected chi connectivity index (χ0v) is 17.3. The number of piperidine rings is 1. The maximum atomic E-state index is 12.9. The van der Waals surface area contributed by atoms with Crippen LogP contribution in [0.5, 0.6) is 5.75 Å². The normalized spacial score (nSPS) is 14.7. The molecule has 1 fully saturated rings. The number of alkyl halides is 3. The quantitative estimate of drug-likeness (QED) is 0.602. The lowest BCUT2D eigenvalue weighted by Crippen LogP contribution is -2.41. The van der Waals surface area contributed by atoms with Crippen LogP contribution in [0.4, 0.5) is 18.9 Å². The van der Waals surface area contributed by atoms with Gasteiger partial charge in [0.15, 0.2) is 0 Å². The highest BCUT2D eigenvalue weighted by Crippen LogP contribution is 2.30. The van der Waals surface area contributed by atoms with Crippen molar-refractivity contribution in [1.29, 1.82) is 0 Å². The number of nitrogens with zero attached hydrogens (tertiary/aromatic N) is 2. The summed E-state index contributed by atoms with van der Waals surface area (Å²) in [5.74, 6) is -0.168. The van der Waals surface area contributed by atoms with Crippen LogP contribution >= 0.6 is 0 Å². The number of amides is 2. The van der Waals surface area contributed by atoms with E-state index in [1.54, 1.807) is 29.2 Å². The fourth-order valence-electron chi connectivity index (χ4n) is 3.54. The first-order valence-electron chi connectivity index (χ1n) is 10.2. The summed E-state index contributed by atoms with van der Waals surface area (Å²) in [7, 11) is 0. The Kier molecular flexibility index (Phi) is 6.34. The third-order valence-corrected chi connectivity index (χ3v) is 5.22. The van der Waals surface area contributed by atoms with Crippen LogP contribution in [0.2, 0.25) is 0 Å². The Morgan fingerprint density at radius 2 is 1.82 bits per heavy atom. The third-order valence-electron chi connectivity index (χ3n) is 5.22. The van der Waals surface area contributed by atoms with E-state index in [9.17, 15) is 22.8 Å². The summed E-state index contributed by atoms with van der Waals surface area (Å²) in [6, 6.07) is 12.4. The molecule has 0 aliphatic carbocycles. The smallest absolute Gasteiger partial charge is 0.416 e. The Hall–Kier alpha value is -3.82. The van der Waals surface area contributed by atoms with Gasteiger partial charge in [-0.2, -0.15) is 13.2 Å². The van der Waals surface area contributed by atoms with Crippen molar-refractivity contribution in [3.8, 4) is 5.75 Å². The molecule has 0 radical (unpaired) electrons. The Bertz CT molecular complexity index is 1120. The molecule has 2 amide bonds. The van der Waals surface area contributed by atoms with Crippen molar-refractivity contribution in [3.63, 3.8) is 0 Å². The molecule has 0 bridgehead atoms. The molecule has 172 valence electrons. The Morgan fingerprint density at radius 1 is 1.06 bits per heavy atom. The molecule has 3 aromatic rings. The van der Waals surface area contributed by atoms with Gasteiger partial charge in [-0.3, -0.25) is 9.59 Å². The number of halogens is 3. The van der Waals surface area contributed by atoms with Gasteiger partial charge in [0.2, 0.25) is 5.76 Å². The Labute approximate surface area is 187 Å². The summed E-state index contributed by atoms with van der Waals surface area (Å²) >= 11 is 0. The molecule has 1 aromatic heterocycles. The molecule has 0 spiro atoms. The fraction of sp³-hybridized carbons (Fsp3) is 0.261. The van der Waals surface area contributed by atoms with Crippen molar-refractivity contribution in [2.75, 3.05) is 18.4 Å². The van der Waals surface area contributed by atoms with Gasteiger partial charge in [-0.05, 0) is 30.3 Å². The summed E-state index contributed by atoms with van der Waals surface area (Å²) in [5, 5.41) is 6.14. The molecular weight excluding hydrogens is 439 g/mol. The van der Waals surface area contributed by atoms with Crippen LogP contribution in [0, 0.1) is 0 Å². The van der Waals surface area contributed by atoms with Gasteiger partial charge in [0, 0.05) is 49.3 Å². The topological polar surface area (TPSA) is 84.7 Å². The van der Waals surface area contributed by atoms with Crippen LogP contribution in [0.3, 0.4) is 0 Å². The van der Waals surface area contributed by atoms with Gasteiger partial charge in [0.25, 0.3) is 11.8 Å². The number of nitrogens with one attached hydrogen (secondary N) is 1. The number of likely N-dealkylation sites (tertiary alicyclic amines) is 1. The number of rotatable bonds is 5. The van der Waals surface area contributed by atoms with Gasteiger partial charge in [0.05, 0.1) is 11.8 Å². The largest absolute Gasteiger partial charge is 0.490 e. The molecule has 0 saturated carbocycles. The lowest BCUT2D eigenvalue weighted by atomic mass is 10.1. The van der Waals surface area contributed by atoms with E-state index in [0.717, 1.165) is 12.1 Å². The molecule has 2 aromatic carbocycles. The highest BCUT2D eigenvalue weighted by molar-refractivity contribution is 6.04. The first kappa shape index (κ1) is 22.4. The van der Waals surface area contributed by atoms with E-state index in [-0.39, 0.29) is 23.3 Å². The number of carbonyl (C=O) groups is 2. The second kappa shape index (κ2) is 9.35. The summed E-state index contributed by atoms with van der Waals surface area (Å²) in [6.07, 6.45) is -2.01. The summed E-state index contributed by atoms with van der Waals surface area (Å²) < 4.78 is 49.6. The summed E-state index contributed by atoms with van der Waals surface area (Å²) in [6.45, 7) is 0.992. The number of hydrogen-bond donors (Lipinski definition) is 1. The van der Waals surface area contributed by atoms with Gasteiger partial charge in [-0.15, -0.1) is 0 Å². The van der Waals surface area contributed by atoms with E-state index in [1.807, 2.05) is 0 Å². The van der Waals surface area contributed by atoms with Crippen LogP contribution in [0.1, 0.15) is 39.3 Å². The van der Waals surface area contributed by atoms with Gasteiger partial charge in [-0.25, -0.2) is 0 Å². The predicted octanol–water partition coefficient (Wildman–Crippen LogP) is 4.63. The number of aromatic nitrogens is 1. The van der Waals surface area contributed by atoms with Gasteiger partial charge < -0.3 is 19.5 Å². The van der Waals surface area contributed by atoms with Crippen molar-refractivity contribution in [1.82, 2.24) is 10.1 Å². The van der Waals surface area contributed by atoms with E-state index in [2.05, 4.69) is 10.5 Å². The summed E-state index contributed by atoms with van der Waals surface area (Å²) in [5.41, 5.74) is -0.590. The lowest BCUT2D eigenvalue weighted by Gasteiger charge is -2.31. The number of benzene rings is 2. The zero-order chi connectivity index (χ0) is 23.4. The molecule has 33 heavy (non-hydrogen) atoms. The van der Waals surface area contributed by atoms with Crippen LogP contribution in [-0.4, -0.2) is 41.1 Å². The minimum atomic E-state index is -4.53. The number of ether oxygens (including phenoxy) is 1. The van der Waals surface area contributed by atoms with Crippen molar-refractivity contribution in [3.05, 3.63) is 77.7 Å². The molecule has 4 rings (SSSR count). The molecule has 2 heterocycles. The summed E-state index contributed by atoms with van der Waals surface area (Å²) in [4.78, 5) is 26.4. The second-order valence-electron chi connectivity index (χ2n) is 7.55. The standard InChI is InChI=1S/C23H20F3N3O4/c24-23(25,26)16-4-1-3-15(13-16)21(30)28-17-5-2-6-19(14-17)32-18-8-11-29(12-9-18)22(31)20-7-10-27-33-20/h1-7,10,13-14,18H,8-9,11-12H2,(H,28,30). The molecule has 1 saturated heterocycles. The average molecular weight is 459 g/mol. The molecular formula is C23H20F3N3O4. The van der Waals surface area contributed by atoms with Crippen LogP contribution in [-0.2, 0) is 6.18 Å². The van der Waals surface area contributed by atoms with Crippen molar-refractivity contribution in [2.24, 2.45) is 0 Å². The third kappa shape index (κ3) is 5.51. The van der Waals surface area contributed by atoms with Crippen molar-refractivity contribution >= 4 is 17.5 Å². The van der Waals surface area contributed by atoms with E-state index in [4.69, 9.17) is 9.26 Å². The van der Waals surface area contributed by atoms with Crippen LogP contribution in [0.25, 0.3) is 0 Å². The van der Waals surface area contributed by atoms with E-state index < -0.39 is 17.6 Å². The first-order valence-corrected chi connectivity index (χ1v) is 10.2. The maximum absolute atomic E-state index is 12.9. The molecule has 1 N–H and O–H groups in total. The highest BCUT2D eigenvalue weighted by atomic mass is 19.4. The van der Waals surface area contributed by atoms with Crippen molar-refractivity contribution < 1.29 is 32.0 Å². The lowest BCUT2D eigenvalue weighted by molar-refractivity contribution is -0.137. The van der Waals surface area contributed by atoms with Gasteiger partial charge in [0.1, 0.15) is 11.9 Å². The first-order chi connectivity index (χ1) is 15.8.